The fourth-order valence-electron chi connectivity index (χ4n) is 2.21. The number of carbonyl (C=O) groups excluding carboxylic acids is 2. The Bertz CT molecular complexity index is 499. The lowest BCUT2D eigenvalue weighted by atomic mass is 9.99. The maximum atomic E-state index is 12.3. The number of nitrogens with two attached hydrogens (primary N) is 1. The minimum Gasteiger partial charge on any atom is -0.343 e. The molecule has 0 fully saturated rings. The Morgan fingerprint density at radius 3 is 2.84 bits per heavy atom. The van der Waals surface area contributed by atoms with Crippen molar-refractivity contribution >= 4 is 11.8 Å². The van der Waals surface area contributed by atoms with Crippen LogP contribution in [0.25, 0.3) is 0 Å². The normalized spacial score (nSPS) is 20.5. The van der Waals surface area contributed by atoms with Crippen molar-refractivity contribution in [2.45, 2.75) is 25.4 Å². The summed E-state index contributed by atoms with van der Waals surface area (Å²) in [5.41, 5.74) is 7.51. The summed E-state index contributed by atoms with van der Waals surface area (Å²) in [4.78, 5) is 25.8. The van der Waals surface area contributed by atoms with Gasteiger partial charge < -0.3 is 16.0 Å². The molecule has 2 atom stereocenters. The molecule has 0 saturated heterocycles. The van der Waals surface area contributed by atoms with Crippen molar-refractivity contribution in [3.63, 3.8) is 0 Å². The lowest BCUT2D eigenvalue weighted by Gasteiger charge is -2.22. The monoisotopic (exact) mass is 261 g/mol. The standard InChI is InChI=1S/C14H19N3O2/c1-9(15)13(18)16-12-11-6-4-3-5-10(11)7-8-17(2)14(12)19/h3-6,9,12H,7-8,15H2,1-2H3,(H,16,18)/t9-,12?/m0/s1. The van der Waals surface area contributed by atoms with Crippen molar-refractivity contribution in [3.05, 3.63) is 35.4 Å². The van der Waals surface area contributed by atoms with Crippen LogP contribution in [-0.4, -0.2) is 36.3 Å². The minimum atomic E-state index is -0.637. The van der Waals surface area contributed by atoms with E-state index in [1.807, 2.05) is 24.3 Å². The van der Waals surface area contributed by atoms with Crippen LogP contribution in [0.1, 0.15) is 24.1 Å². The van der Waals surface area contributed by atoms with Gasteiger partial charge in [0.05, 0.1) is 6.04 Å². The molecule has 1 aromatic carbocycles. The molecule has 1 aromatic rings. The molecule has 5 nitrogen and oxygen atoms in total. The zero-order valence-electron chi connectivity index (χ0n) is 11.2. The van der Waals surface area contributed by atoms with E-state index < -0.39 is 12.1 Å². The summed E-state index contributed by atoms with van der Waals surface area (Å²) in [5.74, 6) is -0.414. The molecule has 3 N–H and O–H groups in total. The molecular formula is C14H19N3O2. The summed E-state index contributed by atoms with van der Waals surface area (Å²) >= 11 is 0. The van der Waals surface area contributed by atoms with E-state index in [2.05, 4.69) is 5.32 Å². The average Bonchev–Trinajstić information content (AvgIpc) is 2.51. The van der Waals surface area contributed by atoms with Crippen molar-refractivity contribution in [2.75, 3.05) is 13.6 Å². The van der Waals surface area contributed by atoms with Crippen molar-refractivity contribution in [1.29, 1.82) is 0 Å². The number of benzene rings is 1. The third kappa shape index (κ3) is 2.76. The second-order valence-electron chi connectivity index (χ2n) is 4.94. The largest absolute Gasteiger partial charge is 0.343 e. The lowest BCUT2D eigenvalue weighted by molar-refractivity contribution is -0.135. The van der Waals surface area contributed by atoms with Crippen molar-refractivity contribution in [3.8, 4) is 0 Å². The molecule has 102 valence electrons. The van der Waals surface area contributed by atoms with E-state index in [0.717, 1.165) is 17.5 Å². The fourth-order valence-corrected chi connectivity index (χ4v) is 2.21. The molecule has 0 saturated carbocycles. The Hall–Kier alpha value is -1.88. The number of likely N-dealkylation sites (N-methyl/N-ethyl adjacent to an activating group) is 1. The zero-order chi connectivity index (χ0) is 14.0. The van der Waals surface area contributed by atoms with Gasteiger partial charge in [0, 0.05) is 13.6 Å². The predicted molar refractivity (Wildman–Crippen MR) is 72.3 cm³/mol. The quantitative estimate of drug-likeness (QED) is 0.799. The molecule has 0 bridgehead atoms. The number of nitrogens with zero attached hydrogens (tertiary/aromatic N) is 1. The Morgan fingerprint density at radius 2 is 2.16 bits per heavy atom. The maximum Gasteiger partial charge on any atom is 0.249 e. The fraction of sp³-hybridized carbons (Fsp3) is 0.429. The molecule has 2 rings (SSSR count). The van der Waals surface area contributed by atoms with Gasteiger partial charge in [0.1, 0.15) is 6.04 Å². The number of nitrogens with one attached hydrogen (secondary N) is 1. The van der Waals surface area contributed by atoms with E-state index in [0.29, 0.717) is 6.54 Å². The van der Waals surface area contributed by atoms with Crippen LogP contribution in [0.3, 0.4) is 0 Å². The minimum absolute atomic E-state index is 0.0982. The maximum absolute atomic E-state index is 12.3. The summed E-state index contributed by atoms with van der Waals surface area (Å²) in [6.07, 6.45) is 0.795. The third-order valence-electron chi connectivity index (χ3n) is 3.41. The predicted octanol–water partition coefficient (Wildman–Crippen LogP) is 0.206. The highest BCUT2D eigenvalue weighted by atomic mass is 16.2. The van der Waals surface area contributed by atoms with Crippen molar-refractivity contribution in [2.24, 2.45) is 5.73 Å². The topological polar surface area (TPSA) is 75.4 Å². The van der Waals surface area contributed by atoms with Crippen LogP contribution in [0.2, 0.25) is 0 Å². The molecule has 0 spiro atoms. The molecule has 19 heavy (non-hydrogen) atoms. The number of fused-ring (bicyclic) bond motifs is 1. The molecule has 1 unspecified atom stereocenters. The number of carbonyl (C=O) groups is 2. The van der Waals surface area contributed by atoms with Gasteiger partial charge in [-0.3, -0.25) is 9.59 Å². The van der Waals surface area contributed by atoms with E-state index >= 15 is 0 Å². The van der Waals surface area contributed by atoms with Crippen LogP contribution in [0.5, 0.6) is 0 Å². The molecule has 0 aromatic heterocycles. The lowest BCUT2D eigenvalue weighted by Crippen LogP contribution is -2.45. The van der Waals surface area contributed by atoms with Crippen molar-refractivity contribution in [1.82, 2.24) is 10.2 Å². The Balaban J connectivity index is 2.36. The van der Waals surface area contributed by atoms with Gasteiger partial charge in [-0.25, -0.2) is 0 Å². The summed E-state index contributed by atoms with van der Waals surface area (Å²) in [7, 11) is 1.75. The van der Waals surface area contributed by atoms with E-state index in [1.54, 1.807) is 18.9 Å². The van der Waals surface area contributed by atoms with Crippen LogP contribution in [0, 0.1) is 0 Å². The van der Waals surface area contributed by atoms with E-state index in [1.165, 1.54) is 0 Å². The van der Waals surface area contributed by atoms with Gasteiger partial charge in [0.15, 0.2) is 0 Å². The van der Waals surface area contributed by atoms with Crippen LogP contribution in [-0.2, 0) is 16.0 Å². The van der Waals surface area contributed by atoms with Gasteiger partial charge in [-0.2, -0.15) is 0 Å². The van der Waals surface area contributed by atoms with E-state index in [4.69, 9.17) is 5.73 Å². The highest BCUT2D eigenvalue weighted by Gasteiger charge is 2.30. The Kier molecular flexibility index (Phi) is 3.85. The summed E-state index contributed by atoms with van der Waals surface area (Å²) < 4.78 is 0. The molecule has 2 amide bonds. The second kappa shape index (κ2) is 5.40. The Morgan fingerprint density at radius 1 is 1.47 bits per heavy atom. The molecule has 1 heterocycles. The average molecular weight is 261 g/mol. The van der Waals surface area contributed by atoms with Gasteiger partial charge in [-0.15, -0.1) is 0 Å². The first-order chi connectivity index (χ1) is 9.00. The number of hydrogen-bond acceptors (Lipinski definition) is 3. The van der Waals surface area contributed by atoms with E-state index in [9.17, 15) is 9.59 Å². The first-order valence-corrected chi connectivity index (χ1v) is 6.39. The zero-order valence-corrected chi connectivity index (χ0v) is 11.2. The van der Waals surface area contributed by atoms with Gasteiger partial charge in [0.2, 0.25) is 11.8 Å². The number of rotatable bonds is 2. The van der Waals surface area contributed by atoms with Crippen LogP contribution in [0.4, 0.5) is 0 Å². The summed E-state index contributed by atoms with van der Waals surface area (Å²) in [5, 5.41) is 2.74. The highest BCUT2D eigenvalue weighted by molar-refractivity contribution is 5.90. The van der Waals surface area contributed by atoms with Crippen LogP contribution >= 0.6 is 0 Å². The van der Waals surface area contributed by atoms with E-state index in [-0.39, 0.29) is 11.8 Å². The summed E-state index contributed by atoms with van der Waals surface area (Å²) in [6, 6.07) is 6.43. The van der Waals surface area contributed by atoms with Crippen molar-refractivity contribution < 1.29 is 9.59 Å². The third-order valence-corrected chi connectivity index (χ3v) is 3.41. The second-order valence-corrected chi connectivity index (χ2v) is 4.94. The highest BCUT2D eigenvalue weighted by Crippen LogP contribution is 2.24. The van der Waals surface area contributed by atoms with Crippen LogP contribution < -0.4 is 11.1 Å². The molecular weight excluding hydrogens is 242 g/mol. The number of hydrogen-bond donors (Lipinski definition) is 2. The Labute approximate surface area is 112 Å². The molecule has 5 heteroatoms. The van der Waals surface area contributed by atoms with Gasteiger partial charge in [0.25, 0.3) is 0 Å². The summed E-state index contributed by atoms with van der Waals surface area (Å²) in [6.45, 7) is 2.26. The number of amides is 2. The van der Waals surface area contributed by atoms with Gasteiger partial charge in [-0.1, -0.05) is 24.3 Å². The first-order valence-electron chi connectivity index (χ1n) is 6.39. The molecule has 1 aliphatic rings. The molecule has 1 aliphatic heterocycles. The van der Waals surface area contributed by atoms with Crippen LogP contribution in [0.15, 0.2) is 24.3 Å². The SMILES string of the molecule is C[C@H](N)C(=O)NC1C(=O)N(C)CCc2ccccc21. The molecule has 0 aliphatic carbocycles. The first kappa shape index (κ1) is 13.5. The molecule has 0 radical (unpaired) electrons. The van der Waals surface area contributed by atoms with Gasteiger partial charge in [-0.05, 0) is 24.5 Å². The van der Waals surface area contributed by atoms with Gasteiger partial charge >= 0.3 is 0 Å². The smallest absolute Gasteiger partial charge is 0.249 e.